The Bertz CT molecular complexity index is 138. The fourth-order valence-corrected chi connectivity index (χ4v) is 0.577. The molecule has 0 bridgehead atoms. The first kappa shape index (κ1) is 5.31. The molecule has 0 amide bonds. The minimum absolute atomic E-state index is 0. The molecule has 0 aliphatic rings. The van der Waals surface area contributed by atoms with Gasteiger partial charge in [0, 0.05) is 19.7 Å². The van der Waals surface area contributed by atoms with Gasteiger partial charge in [-0.3, -0.25) is 0 Å². The molecule has 0 aliphatic heterocycles. The largest absolute Gasteiger partial charge is 0.348 e. The van der Waals surface area contributed by atoms with E-state index in [1.165, 1.54) is 0 Å². The van der Waals surface area contributed by atoms with Crippen LogP contribution in [-0.2, 0) is 6.42 Å². The fourth-order valence-electron chi connectivity index (χ4n) is 0.577. The molecule has 0 aliphatic carbocycles. The first-order chi connectivity index (χ1) is 3.93. The van der Waals surface area contributed by atoms with Gasteiger partial charge < -0.3 is 10.7 Å². The third kappa shape index (κ3) is 1.07. The molecule has 1 rings (SSSR count). The van der Waals surface area contributed by atoms with Gasteiger partial charge in [0.05, 0.1) is 6.33 Å². The number of aromatic nitrogens is 2. The SMILES string of the molecule is NCCc1cnc[nH]1.[HH]. The lowest BCUT2D eigenvalue weighted by Crippen LogP contribution is -2.02. The molecule has 0 fully saturated rings. The smallest absolute Gasteiger partial charge is 0.0921 e. The van der Waals surface area contributed by atoms with Gasteiger partial charge >= 0.3 is 0 Å². The molecular weight excluding hydrogens is 102 g/mol. The van der Waals surface area contributed by atoms with Gasteiger partial charge in [0.15, 0.2) is 0 Å². The second-order valence-electron chi connectivity index (χ2n) is 1.62. The topological polar surface area (TPSA) is 54.7 Å². The van der Waals surface area contributed by atoms with Crippen molar-refractivity contribution in [1.82, 2.24) is 9.97 Å². The summed E-state index contributed by atoms with van der Waals surface area (Å²) in [6.45, 7) is 0.683. The Labute approximate surface area is 49.4 Å². The van der Waals surface area contributed by atoms with Crippen LogP contribution in [0.4, 0.5) is 0 Å². The highest BCUT2D eigenvalue weighted by molar-refractivity contribution is 4.93. The molecule has 0 spiro atoms. The molecule has 0 aromatic carbocycles. The van der Waals surface area contributed by atoms with Crippen LogP contribution >= 0.6 is 0 Å². The Hall–Kier alpha value is -0.830. The Morgan fingerprint density at radius 3 is 3.25 bits per heavy atom. The number of nitrogens with one attached hydrogen (secondary N) is 1. The Morgan fingerprint density at radius 2 is 2.75 bits per heavy atom. The summed E-state index contributed by atoms with van der Waals surface area (Å²) in [5.41, 5.74) is 6.38. The second kappa shape index (κ2) is 2.47. The van der Waals surface area contributed by atoms with Crippen LogP contribution in [0.15, 0.2) is 12.5 Å². The van der Waals surface area contributed by atoms with E-state index < -0.39 is 0 Å². The Balaban J connectivity index is 0.000000640. The zero-order valence-electron chi connectivity index (χ0n) is 4.59. The summed E-state index contributed by atoms with van der Waals surface area (Å²) in [5.74, 6) is 0. The maximum Gasteiger partial charge on any atom is 0.0921 e. The van der Waals surface area contributed by atoms with E-state index in [-0.39, 0.29) is 1.43 Å². The number of hydrogen-bond acceptors (Lipinski definition) is 2. The van der Waals surface area contributed by atoms with Crippen LogP contribution in [0.5, 0.6) is 0 Å². The molecule has 3 N–H and O–H groups in total. The van der Waals surface area contributed by atoms with Crippen LogP contribution in [0.2, 0.25) is 0 Å². The van der Waals surface area contributed by atoms with Crippen molar-refractivity contribution in [3.63, 3.8) is 0 Å². The molecule has 0 saturated carbocycles. The summed E-state index contributed by atoms with van der Waals surface area (Å²) in [7, 11) is 0. The van der Waals surface area contributed by atoms with Crippen LogP contribution in [0.25, 0.3) is 0 Å². The standard InChI is InChI=1S/C5H9N3.H2/c6-2-1-5-3-7-4-8-5;/h3-4H,1-2,6H2,(H,7,8);1H. The lowest BCUT2D eigenvalue weighted by molar-refractivity contribution is 0.935. The van der Waals surface area contributed by atoms with Gasteiger partial charge in [0.1, 0.15) is 0 Å². The quantitative estimate of drug-likeness (QED) is 0.574. The van der Waals surface area contributed by atoms with E-state index in [9.17, 15) is 0 Å². The number of nitrogens with two attached hydrogens (primary N) is 1. The highest BCUT2D eigenvalue weighted by Crippen LogP contribution is 1.88. The summed E-state index contributed by atoms with van der Waals surface area (Å²) in [6.07, 6.45) is 4.33. The molecular formula is C5H11N3. The Kier molecular flexibility index (Phi) is 1.64. The first-order valence-electron chi connectivity index (χ1n) is 2.61. The van der Waals surface area contributed by atoms with Crippen LogP contribution in [-0.4, -0.2) is 16.5 Å². The van der Waals surface area contributed by atoms with Crippen LogP contribution < -0.4 is 5.73 Å². The summed E-state index contributed by atoms with van der Waals surface area (Å²) >= 11 is 0. The van der Waals surface area contributed by atoms with E-state index in [0.717, 1.165) is 12.1 Å². The van der Waals surface area contributed by atoms with Crippen LogP contribution in [0.1, 0.15) is 7.12 Å². The van der Waals surface area contributed by atoms with Gasteiger partial charge in [-0.15, -0.1) is 0 Å². The van der Waals surface area contributed by atoms with Crippen molar-refractivity contribution >= 4 is 0 Å². The second-order valence-corrected chi connectivity index (χ2v) is 1.62. The van der Waals surface area contributed by atoms with Crippen molar-refractivity contribution in [2.24, 2.45) is 5.73 Å². The number of H-pyrrole nitrogens is 1. The van der Waals surface area contributed by atoms with Gasteiger partial charge in [-0.25, -0.2) is 4.98 Å². The maximum absolute atomic E-state index is 5.27. The Morgan fingerprint density at radius 1 is 1.88 bits per heavy atom. The summed E-state index contributed by atoms with van der Waals surface area (Å²) in [4.78, 5) is 6.78. The molecule has 0 saturated heterocycles. The van der Waals surface area contributed by atoms with Gasteiger partial charge in [-0.2, -0.15) is 0 Å². The summed E-state index contributed by atoms with van der Waals surface area (Å²) in [6, 6.07) is 0. The van der Waals surface area contributed by atoms with Crippen LogP contribution in [0, 0.1) is 0 Å². The zero-order valence-corrected chi connectivity index (χ0v) is 4.59. The fraction of sp³-hybridized carbons (Fsp3) is 0.400. The number of aromatic amines is 1. The van der Waals surface area contributed by atoms with Gasteiger partial charge in [-0.05, 0) is 6.54 Å². The predicted octanol–water partition coefficient (Wildman–Crippen LogP) is 0.157. The highest BCUT2D eigenvalue weighted by Gasteiger charge is 1.86. The first-order valence-corrected chi connectivity index (χ1v) is 2.61. The number of imidazole rings is 1. The summed E-state index contributed by atoms with van der Waals surface area (Å²) < 4.78 is 0. The van der Waals surface area contributed by atoms with E-state index >= 15 is 0 Å². The van der Waals surface area contributed by atoms with Crippen molar-refractivity contribution < 1.29 is 1.43 Å². The molecule has 3 heteroatoms. The highest BCUT2D eigenvalue weighted by atomic mass is 14.9. The van der Waals surface area contributed by atoms with E-state index in [1.54, 1.807) is 12.5 Å². The monoisotopic (exact) mass is 113 g/mol. The van der Waals surface area contributed by atoms with Crippen molar-refractivity contribution in [1.29, 1.82) is 0 Å². The minimum atomic E-state index is 0. The van der Waals surface area contributed by atoms with Crippen LogP contribution in [0.3, 0.4) is 0 Å². The predicted molar refractivity (Wildman–Crippen MR) is 33.5 cm³/mol. The molecule has 1 heterocycles. The molecule has 0 radical (unpaired) electrons. The van der Waals surface area contributed by atoms with Gasteiger partial charge in [0.2, 0.25) is 0 Å². The van der Waals surface area contributed by atoms with E-state index in [4.69, 9.17) is 5.73 Å². The normalized spacial score (nSPS) is 9.62. The average Bonchev–Trinajstić information content (AvgIpc) is 2.19. The molecule has 0 unspecified atom stereocenters. The lowest BCUT2D eigenvalue weighted by atomic mass is 10.3. The van der Waals surface area contributed by atoms with Crippen molar-refractivity contribution in [2.75, 3.05) is 6.54 Å². The van der Waals surface area contributed by atoms with Crippen molar-refractivity contribution in [3.8, 4) is 0 Å². The summed E-state index contributed by atoms with van der Waals surface area (Å²) in [5, 5.41) is 0. The molecule has 1 aromatic heterocycles. The van der Waals surface area contributed by atoms with Gasteiger partial charge in [0.25, 0.3) is 0 Å². The van der Waals surface area contributed by atoms with Crippen molar-refractivity contribution in [2.45, 2.75) is 6.42 Å². The molecule has 0 atom stereocenters. The molecule has 8 heavy (non-hydrogen) atoms. The van der Waals surface area contributed by atoms with E-state index in [0.29, 0.717) is 6.54 Å². The molecule has 46 valence electrons. The van der Waals surface area contributed by atoms with E-state index in [2.05, 4.69) is 9.97 Å². The third-order valence-electron chi connectivity index (χ3n) is 0.969. The minimum Gasteiger partial charge on any atom is -0.348 e. The number of hydrogen-bond donors (Lipinski definition) is 2. The van der Waals surface area contributed by atoms with Crippen molar-refractivity contribution in [3.05, 3.63) is 18.2 Å². The maximum atomic E-state index is 5.27. The molecule has 1 aromatic rings. The zero-order chi connectivity index (χ0) is 5.82. The lowest BCUT2D eigenvalue weighted by Gasteiger charge is -1.86. The van der Waals surface area contributed by atoms with Gasteiger partial charge in [-0.1, -0.05) is 0 Å². The number of rotatable bonds is 2. The van der Waals surface area contributed by atoms with E-state index in [1.807, 2.05) is 0 Å². The average molecular weight is 113 g/mol. The number of nitrogens with zero attached hydrogens (tertiary/aromatic N) is 1. The molecule has 3 nitrogen and oxygen atoms in total. The third-order valence-corrected chi connectivity index (χ3v) is 0.969.